The van der Waals surface area contributed by atoms with Gasteiger partial charge in [-0.1, -0.05) is 48.4 Å². The molecule has 1 amide bonds. The summed E-state index contributed by atoms with van der Waals surface area (Å²) in [6.07, 6.45) is 1.38. The highest BCUT2D eigenvalue weighted by molar-refractivity contribution is 6.46. The van der Waals surface area contributed by atoms with Gasteiger partial charge < -0.3 is 15.1 Å². The number of carboxylic acid groups (broad SMARTS) is 1. The summed E-state index contributed by atoms with van der Waals surface area (Å²) in [6, 6.07) is 11.4. The minimum atomic E-state index is -0.995. The lowest BCUT2D eigenvalue weighted by molar-refractivity contribution is -0.384. The van der Waals surface area contributed by atoms with E-state index in [9.17, 15) is 29.6 Å². The van der Waals surface area contributed by atoms with Crippen molar-refractivity contribution in [1.82, 2.24) is 4.90 Å². The van der Waals surface area contributed by atoms with E-state index < -0.39 is 28.6 Å². The number of carbonyl (C=O) groups is 3. The summed E-state index contributed by atoms with van der Waals surface area (Å²) >= 11 is 0. The number of carbonyl (C=O) groups excluding carboxylic acids is 2. The molecule has 9 nitrogen and oxygen atoms in total. The molecule has 1 heterocycles. The molecule has 1 fully saturated rings. The fraction of sp³-hybridized carbons (Fsp3) is 0.292. The van der Waals surface area contributed by atoms with E-state index in [4.69, 9.17) is 5.11 Å². The predicted molar refractivity (Wildman–Crippen MR) is 119 cm³/mol. The van der Waals surface area contributed by atoms with Gasteiger partial charge in [0, 0.05) is 30.7 Å². The van der Waals surface area contributed by atoms with Crippen molar-refractivity contribution >= 4 is 29.1 Å². The number of aliphatic hydroxyl groups excluding tert-OH is 1. The molecule has 1 saturated heterocycles. The first-order valence-electron chi connectivity index (χ1n) is 10.5. The van der Waals surface area contributed by atoms with Crippen LogP contribution in [0.25, 0.3) is 5.76 Å². The summed E-state index contributed by atoms with van der Waals surface area (Å²) in [5.41, 5.74) is 1.31. The van der Waals surface area contributed by atoms with Gasteiger partial charge >= 0.3 is 5.97 Å². The second-order valence-electron chi connectivity index (χ2n) is 7.92. The molecule has 0 spiro atoms. The van der Waals surface area contributed by atoms with Gasteiger partial charge in [0.1, 0.15) is 5.76 Å². The summed E-state index contributed by atoms with van der Waals surface area (Å²) in [4.78, 5) is 48.6. The lowest BCUT2D eigenvalue weighted by Crippen LogP contribution is -2.30. The largest absolute Gasteiger partial charge is 0.507 e. The number of aliphatic hydroxyl groups is 1. The van der Waals surface area contributed by atoms with E-state index in [1.54, 1.807) is 30.3 Å². The fourth-order valence-electron chi connectivity index (χ4n) is 3.87. The van der Waals surface area contributed by atoms with Gasteiger partial charge in [0.15, 0.2) is 0 Å². The number of rotatable bonds is 9. The Morgan fingerprint density at radius 3 is 2.39 bits per heavy atom. The van der Waals surface area contributed by atoms with Crippen molar-refractivity contribution in [3.05, 3.63) is 80.9 Å². The van der Waals surface area contributed by atoms with Gasteiger partial charge in [-0.05, 0) is 25.3 Å². The van der Waals surface area contributed by atoms with Crippen LogP contribution in [0.15, 0.2) is 54.1 Å². The third kappa shape index (κ3) is 5.25. The maximum atomic E-state index is 13.0. The van der Waals surface area contributed by atoms with Crippen LogP contribution in [0.3, 0.4) is 0 Å². The fourth-order valence-corrected chi connectivity index (χ4v) is 3.87. The molecular weight excluding hydrogens is 428 g/mol. The lowest BCUT2D eigenvalue weighted by Gasteiger charge is -2.25. The first kappa shape index (κ1) is 23.6. The lowest BCUT2D eigenvalue weighted by atomic mass is 9.94. The molecular formula is C24H24N2O7. The molecule has 9 heteroatoms. The Balaban J connectivity index is 2.02. The van der Waals surface area contributed by atoms with Crippen molar-refractivity contribution in [3.63, 3.8) is 0 Å². The number of benzene rings is 2. The van der Waals surface area contributed by atoms with E-state index in [0.717, 1.165) is 5.56 Å². The number of carboxylic acids is 1. The minimum Gasteiger partial charge on any atom is -0.507 e. The van der Waals surface area contributed by atoms with E-state index in [0.29, 0.717) is 30.4 Å². The Kier molecular flexibility index (Phi) is 7.22. The molecule has 3 rings (SSSR count). The number of nitro benzene ring substituents is 1. The number of aryl methyl sites for hydroxylation is 1. The Morgan fingerprint density at radius 1 is 1.06 bits per heavy atom. The normalized spacial score (nSPS) is 17.4. The van der Waals surface area contributed by atoms with Gasteiger partial charge in [-0.25, -0.2) is 0 Å². The Labute approximate surface area is 190 Å². The number of hydrogen-bond donors (Lipinski definition) is 2. The molecule has 0 saturated carbocycles. The highest BCUT2D eigenvalue weighted by Gasteiger charge is 2.46. The number of nitro groups is 1. The number of nitrogens with zero attached hydrogens (tertiary/aromatic N) is 2. The number of Topliss-reactive ketones (excluding diaryl/α,β-unsaturated/α-hetero) is 1. The first-order valence-corrected chi connectivity index (χ1v) is 10.5. The van der Waals surface area contributed by atoms with Gasteiger partial charge in [-0.3, -0.25) is 24.5 Å². The van der Waals surface area contributed by atoms with Crippen molar-refractivity contribution < 1.29 is 29.5 Å². The van der Waals surface area contributed by atoms with Crippen LogP contribution in [-0.4, -0.2) is 44.2 Å². The van der Waals surface area contributed by atoms with Crippen molar-refractivity contribution in [1.29, 1.82) is 0 Å². The van der Waals surface area contributed by atoms with E-state index in [-0.39, 0.29) is 30.0 Å². The van der Waals surface area contributed by atoms with E-state index in [1.165, 1.54) is 23.1 Å². The topological polar surface area (TPSA) is 138 Å². The molecule has 0 bridgehead atoms. The van der Waals surface area contributed by atoms with Crippen LogP contribution in [0, 0.1) is 17.0 Å². The molecule has 1 aliphatic heterocycles. The molecule has 2 aromatic carbocycles. The van der Waals surface area contributed by atoms with Crippen LogP contribution in [0.1, 0.15) is 48.4 Å². The van der Waals surface area contributed by atoms with Gasteiger partial charge in [-0.2, -0.15) is 0 Å². The predicted octanol–water partition coefficient (Wildman–Crippen LogP) is 3.97. The van der Waals surface area contributed by atoms with Crippen LogP contribution < -0.4 is 0 Å². The van der Waals surface area contributed by atoms with Gasteiger partial charge in [0.2, 0.25) is 0 Å². The number of likely N-dealkylation sites (tertiary alicyclic amines) is 1. The summed E-state index contributed by atoms with van der Waals surface area (Å²) in [6.45, 7) is 2.01. The third-order valence-electron chi connectivity index (χ3n) is 5.55. The number of hydrogen-bond acceptors (Lipinski definition) is 6. The quantitative estimate of drug-likeness (QED) is 0.147. The summed E-state index contributed by atoms with van der Waals surface area (Å²) in [7, 11) is 0. The first-order chi connectivity index (χ1) is 15.7. The minimum absolute atomic E-state index is 0.000546. The Morgan fingerprint density at radius 2 is 1.76 bits per heavy atom. The monoisotopic (exact) mass is 452 g/mol. The average Bonchev–Trinajstić information content (AvgIpc) is 3.03. The third-order valence-corrected chi connectivity index (χ3v) is 5.55. The molecule has 33 heavy (non-hydrogen) atoms. The summed E-state index contributed by atoms with van der Waals surface area (Å²) in [5.74, 6) is -2.93. The smallest absolute Gasteiger partial charge is 0.303 e. The second-order valence-corrected chi connectivity index (χ2v) is 7.92. The van der Waals surface area contributed by atoms with Crippen molar-refractivity contribution in [3.8, 4) is 0 Å². The summed E-state index contributed by atoms with van der Waals surface area (Å²) in [5, 5.41) is 31.1. The summed E-state index contributed by atoms with van der Waals surface area (Å²) < 4.78 is 0. The van der Waals surface area contributed by atoms with Crippen LogP contribution >= 0.6 is 0 Å². The van der Waals surface area contributed by atoms with Gasteiger partial charge in [-0.15, -0.1) is 0 Å². The average molecular weight is 452 g/mol. The molecule has 1 atom stereocenters. The number of amides is 1. The molecule has 1 unspecified atom stereocenters. The number of aliphatic carboxylic acids is 1. The van der Waals surface area contributed by atoms with E-state index in [1.807, 2.05) is 6.92 Å². The molecule has 0 aromatic heterocycles. The van der Waals surface area contributed by atoms with Gasteiger partial charge in [0.25, 0.3) is 17.4 Å². The second kappa shape index (κ2) is 10.1. The number of ketones is 1. The molecule has 2 aromatic rings. The van der Waals surface area contributed by atoms with Crippen molar-refractivity contribution in [2.24, 2.45) is 0 Å². The van der Waals surface area contributed by atoms with Crippen LogP contribution in [-0.2, 0) is 14.4 Å². The maximum Gasteiger partial charge on any atom is 0.303 e. The zero-order valence-corrected chi connectivity index (χ0v) is 18.1. The highest BCUT2D eigenvalue weighted by atomic mass is 16.6. The molecule has 2 N–H and O–H groups in total. The molecule has 0 aliphatic carbocycles. The zero-order chi connectivity index (χ0) is 24.1. The van der Waals surface area contributed by atoms with Crippen molar-refractivity contribution in [2.45, 2.75) is 38.6 Å². The molecule has 1 aliphatic rings. The molecule has 172 valence electrons. The number of non-ortho nitro benzene ring substituents is 1. The van der Waals surface area contributed by atoms with E-state index in [2.05, 4.69) is 0 Å². The van der Waals surface area contributed by atoms with Crippen molar-refractivity contribution in [2.75, 3.05) is 6.54 Å². The number of unbranched alkanes of at least 4 members (excludes halogenated alkanes) is 2. The van der Waals surface area contributed by atoms with E-state index >= 15 is 0 Å². The SMILES string of the molecule is Cc1ccc(/C(O)=C2\C(=O)C(=O)N(CCCCCC(=O)O)C2c2cccc([N+](=O)[O-])c2)cc1. The Hall–Kier alpha value is -4.01. The van der Waals surface area contributed by atoms with Crippen LogP contribution in [0.5, 0.6) is 0 Å². The van der Waals surface area contributed by atoms with Crippen LogP contribution in [0.4, 0.5) is 5.69 Å². The Bertz CT molecular complexity index is 1120. The van der Waals surface area contributed by atoms with Gasteiger partial charge in [0.05, 0.1) is 16.5 Å². The standard InChI is InChI=1S/C24H24N2O7/c1-15-9-11-16(12-10-15)22(29)20-21(17-6-5-7-18(14-17)26(32)33)25(24(31)23(20)30)13-4-2-3-8-19(27)28/h5-7,9-12,14,21,29H,2-4,8,13H2,1H3,(H,27,28)/b22-20+. The van der Waals surface area contributed by atoms with Crippen LogP contribution in [0.2, 0.25) is 0 Å². The highest BCUT2D eigenvalue weighted by Crippen LogP contribution is 2.40. The maximum absolute atomic E-state index is 13.0. The zero-order valence-electron chi connectivity index (χ0n) is 18.1. The molecule has 0 radical (unpaired) electrons.